The molecular formula is C23H28N6O2. The summed E-state index contributed by atoms with van der Waals surface area (Å²) >= 11 is 0. The van der Waals surface area contributed by atoms with Gasteiger partial charge in [0.2, 0.25) is 5.91 Å². The molecule has 2 aromatic heterocycles. The van der Waals surface area contributed by atoms with E-state index in [0.29, 0.717) is 25.3 Å². The smallest absolute Gasteiger partial charge is 0.223 e. The average Bonchev–Trinajstić information content (AvgIpc) is 3.15. The Balaban J connectivity index is 1.28. The largest absolute Gasteiger partial charge is 0.497 e. The number of benzene rings is 1. The first-order chi connectivity index (χ1) is 15.0. The van der Waals surface area contributed by atoms with Gasteiger partial charge < -0.3 is 14.5 Å². The number of carbonyl (C=O) groups is 1. The lowest BCUT2D eigenvalue weighted by Crippen LogP contribution is -2.49. The molecule has 1 aromatic carbocycles. The molecule has 0 radical (unpaired) electrons. The van der Waals surface area contributed by atoms with Crippen LogP contribution < -0.4 is 9.64 Å². The van der Waals surface area contributed by atoms with E-state index >= 15 is 0 Å². The summed E-state index contributed by atoms with van der Waals surface area (Å²) in [4.78, 5) is 16.7. The van der Waals surface area contributed by atoms with Crippen molar-refractivity contribution in [1.29, 1.82) is 0 Å². The van der Waals surface area contributed by atoms with Gasteiger partial charge in [-0.15, -0.1) is 10.2 Å². The molecule has 8 nitrogen and oxygen atoms in total. The summed E-state index contributed by atoms with van der Waals surface area (Å²) < 4.78 is 6.98. The van der Waals surface area contributed by atoms with Crippen molar-refractivity contribution in [1.82, 2.24) is 24.9 Å². The van der Waals surface area contributed by atoms with E-state index < -0.39 is 0 Å². The van der Waals surface area contributed by atoms with Crippen molar-refractivity contribution >= 4 is 11.7 Å². The third-order valence-corrected chi connectivity index (χ3v) is 5.61. The summed E-state index contributed by atoms with van der Waals surface area (Å²) in [6, 6.07) is 13.8. The topological polar surface area (TPSA) is 76.4 Å². The molecule has 1 saturated heterocycles. The molecule has 3 heterocycles. The number of nitrogens with zero attached hydrogens (tertiary/aromatic N) is 6. The maximum Gasteiger partial charge on any atom is 0.223 e. The van der Waals surface area contributed by atoms with Gasteiger partial charge >= 0.3 is 0 Å². The molecule has 0 spiro atoms. The van der Waals surface area contributed by atoms with Crippen LogP contribution in [0.5, 0.6) is 5.75 Å². The summed E-state index contributed by atoms with van der Waals surface area (Å²) in [5, 5.41) is 13.2. The number of hydrogen-bond acceptors (Lipinski definition) is 6. The van der Waals surface area contributed by atoms with Gasteiger partial charge in [-0.25, -0.2) is 4.68 Å². The Kier molecular flexibility index (Phi) is 6.16. The molecule has 0 N–H and O–H groups in total. The van der Waals surface area contributed by atoms with Crippen LogP contribution in [0.1, 0.15) is 23.4 Å². The number of methoxy groups -OCH3 is 1. The molecule has 0 atom stereocenters. The second-order valence-electron chi connectivity index (χ2n) is 7.80. The number of ether oxygens (including phenoxy) is 1. The Bertz CT molecular complexity index is 1020. The molecule has 0 aliphatic carbocycles. The van der Waals surface area contributed by atoms with Crippen LogP contribution in [0.3, 0.4) is 0 Å². The number of anilines is 1. The van der Waals surface area contributed by atoms with Gasteiger partial charge in [0.15, 0.2) is 11.6 Å². The molecular weight excluding hydrogens is 392 g/mol. The van der Waals surface area contributed by atoms with Gasteiger partial charge in [0.25, 0.3) is 0 Å². The van der Waals surface area contributed by atoms with E-state index in [2.05, 4.69) is 20.2 Å². The van der Waals surface area contributed by atoms with Crippen molar-refractivity contribution < 1.29 is 9.53 Å². The minimum atomic E-state index is 0.196. The lowest BCUT2D eigenvalue weighted by Gasteiger charge is -2.35. The van der Waals surface area contributed by atoms with Gasteiger partial charge in [-0.05, 0) is 56.2 Å². The molecule has 1 amide bonds. The summed E-state index contributed by atoms with van der Waals surface area (Å²) in [5.41, 5.74) is 3.13. The Morgan fingerprint density at radius 2 is 1.65 bits per heavy atom. The normalized spacial score (nSPS) is 14.0. The molecule has 3 aromatic rings. The lowest BCUT2D eigenvalue weighted by atomic mass is 10.1. The number of carbonyl (C=O) groups excluding carboxylic acids is 1. The highest BCUT2D eigenvalue weighted by atomic mass is 16.5. The number of aromatic nitrogens is 4. The fourth-order valence-corrected chi connectivity index (χ4v) is 3.85. The first kappa shape index (κ1) is 20.8. The number of aryl methyl sites for hydroxylation is 3. The van der Waals surface area contributed by atoms with Crippen molar-refractivity contribution in [2.75, 3.05) is 38.2 Å². The van der Waals surface area contributed by atoms with Crippen molar-refractivity contribution in [3.63, 3.8) is 0 Å². The first-order valence-corrected chi connectivity index (χ1v) is 10.6. The second kappa shape index (κ2) is 9.16. The Hall–Kier alpha value is -3.42. The summed E-state index contributed by atoms with van der Waals surface area (Å²) in [7, 11) is 1.65. The second-order valence-corrected chi connectivity index (χ2v) is 7.80. The van der Waals surface area contributed by atoms with E-state index in [1.165, 1.54) is 0 Å². The number of piperazine rings is 1. The van der Waals surface area contributed by atoms with Crippen LogP contribution in [0.15, 0.2) is 42.5 Å². The highest BCUT2D eigenvalue weighted by Crippen LogP contribution is 2.17. The van der Waals surface area contributed by atoms with E-state index in [1.807, 2.05) is 61.2 Å². The molecule has 162 valence electrons. The maximum atomic E-state index is 12.6. The highest BCUT2D eigenvalue weighted by molar-refractivity contribution is 5.76. The van der Waals surface area contributed by atoms with Crippen LogP contribution >= 0.6 is 0 Å². The molecule has 0 saturated carbocycles. The predicted octanol–water partition coefficient (Wildman–Crippen LogP) is 2.57. The van der Waals surface area contributed by atoms with Gasteiger partial charge in [0.05, 0.1) is 12.8 Å². The Morgan fingerprint density at radius 3 is 2.23 bits per heavy atom. The van der Waals surface area contributed by atoms with Crippen molar-refractivity contribution in [3.05, 3.63) is 59.4 Å². The molecule has 31 heavy (non-hydrogen) atoms. The van der Waals surface area contributed by atoms with Crippen LogP contribution in [-0.2, 0) is 11.2 Å². The Morgan fingerprint density at radius 1 is 0.968 bits per heavy atom. The van der Waals surface area contributed by atoms with E-state index in [4.69, 9.17) is 4.74 Å². The van der Waals surface area contributed by atoms with E-state index in [9.17, 15) is 4.79 Å². The maximum absolute atomic E-state index is 12.6. The van der Waals surface area contributed by atoms with Gasteiger partial charge in [0.1, 0.15) is 5.75 Å². The number of rotatable bonds is 6. The monoisotopic (exact) mass is 420 g/mol. The van der Waals surface area contributed by atoms with Crippen molar-refractivity contribution in [2.24, 2.45) is 0 Å². The minimum absolute atomic E-state index is 0.196. The van der Waals surface area contributed by atoms with Gasteiger partial charge in [-0.2, -0.15) is 5.10 Å². The van der Waals surface area contributed by atoms with Crippen LogP contribution in [0.25, 0.3) is 5.82 Å². The summed E-state index contributed by atoms with van der Waals surface area (Å²) in [6.07, 6.45) is 1.26. The first-order valence-electron chi connectivity index (χ1n) is 10.6. The summed E-state index contributed by atoms with van der Waals surface area (Å²) in [6.45, 7) is 6.86. The van der Waals surface area contributed by atoms with Crippen LogP contribution in [0, 0.1) is 13.8 Å². The lowest BCUT2D eigenvalue weighted by molar-refractivity contribution is -0.131. The zero-order chi connectivity index (χ0) is 21.8. The average molecular weight is 421 g/mol. The van der Waals surface area contributed by atoms with E-state index in [0.717, 1.165) is 48.0 Å². The van der Waals surface area contributed by atoms with E-state index in [1.54, 1.807) is 11.8 Å². The number of hydrogen-bond donors (Lipinski definition) is 0. The molecule has 0 unspecified atom stereocenters. The molecule has 0 bridgehead atoms. The Labute approximate surface area is 182 Å². The SMILES string of the molecule is COc1ccc(CCC(=O)N2CCN(c3ccc(-n4nc(C)cc4C)nn3)CC2)cc1. The van der Waals surface area contributed by atoms with Crippen LogP contribution in [0.4, 0.5) is 5.82 Å². The molecule has 1 aliphatic heterocycles. The molecule has 8 heteroatoms. The van der Waals surface area contributed by atoms with Crippen LogP contribution in [0.2, 0.25) is 0 Å². The summed E-state index contributed by atoms with van der Waals surface area (Å²) in [5.74, 6) is 2.57. The van der Waals surface area contributed by atoms with Gasteiger partial charge in [0, 0.05) is 38.3 Å². The fraction of sp³-hybridized carbons (Fsp3) is 0.391. The fourth-order valence-electron chi connectivity index (χ4n) is 3.85. The van der Waals surface area contributed by atoms with Crippen molar-refractivity contribution in [2.45, 2.75) is 26.7 Å². The quantitative estimate of drug-likeness (QED) is 0.610. The molecule has 4 rings (SSSR count). The zero-order valence-electron chi connectivity index (χ0n) is 18.3. The zero-order valence-corrected chi connectivity index (χ0v) is 18.3. The predicted molar refractivity (Wildman–Crippen MR) is 119 cm³/mol. The standard InChI is InChI=1S/C23H28N6O2/c1-17-16-18(2)29(26-17)22-10-9-21(24-25-22)27-12-14-28(15-13-27)23(30)11-6-19-4-7-20(31-3)8-5-19/h4-5,7-10,16H,6,11-15H2,1-3H3. The minimum Gasteiger partial charge on any atom is -0.497 e. The van der Waals surface area contributed by atoms with Crippen LogP contribution in [-0.4, -0.2) is 64.1 Å². The van der Waals surface area contributed by atoms with E-state index in [-0.39, 0.29) is 5.91 Å². The number of amides is 1. The van der Waals surface area contributed by atoms with Gasteiger partial charge in [-0.3, -0.25) is 4.79 Å². The van der Waals surface area contributed by atoms with Crippen molar-refractivity contribution in [3.8, 4) is 11.6 Å². The third kappa shape index (κ3) is 4.84. The third-order valence-electron chi connectivity index (χ3n) is 5.61. The molecule has 1 aliphatic rings. The molecule has 1 fully saturated rings. The highest BCUT2D eigenvalue weighted by Gasteiger charge is 2.22. The van der Waals surface area contributed by atoms with Gasteiger partial charge in [-0.1, -0.05) is 12.1 Å².